The zero-order valence-corrected chi connectivity index (χ0v) is 10.2. The number of hydrogen-bond acceptors (Lipinski definition) is 3. The molecular weight excluding hydrogens is 222 g/mol. The van der Waals surface area contributed by atoms with Crippen molar-refractivity contribution >= 4 is 21.6 Å². The first-order valence-corrected chi connectivity index (χ1v) is 6.14. The summed E-state index contributed by atoms with van der Waals surface area (Å²) in [6.45, 7) is 4.01. The summed E-state index contributed by atoms with van der Waals surface area (Å²) in [6.07, 6.45) is 0. The van der Waals surface area contributed by atoms with E-state index in [1.54, 1.807) is 3.96 Å². The maximum absolute atomic E-state index is 12.1. The van der Waals surface area contributed by atoms with Crippen LogP contribution in [0.5, 0.6) is 0 Å². The molecule has 0 amide bonds. The van der Waals surface area contributed by atoms with Gasteiger partial charge in [-0.3, -0.25) is 8.75 Å². The van der Waals surface area contributed by atoms with Crippen molar-refractivity contribution in [3.8, 4) is 0 Å². The quantitative estimate of drug-likeness (QED) is 0.889. The molecule has 0 fully saturated rings. The van der Waals surface area contributed by atoms with Crippen LogP contribution in [-0.2, 0) is 0 Å². The standard InChI is InChI=1S/C12H15NO2S/c1-8(7-14)9(2)13-12(15)10-5-3-4-6-11(10)16-13/h3-6,8-9,14H,7H2,1-2H3. The van der Waals surface area contributed by atoms with Crippen molar-refractivity contribution in [3.63, 3.8) is 0 Å². The number of hydrogen-bond donors (Lipinski definition) is 1. The molecule has 0 saturated carbocycles. The van der Waals surface area contributed by atoms with Gasteiger partial charge in [0, 0.05) is 18.6 Å². The average Bonchev–Trinajstić information content (AvgIpc) is 2.65. The molecule has 2 atom stereocenters. The van der Waals surface area contributed by atoms with Crippen molar-refractivity contribution in [1.82, 2.24) is 3.96 Å². The second-order valence-corrected chi connectivity index (χ2v) is 5.13. The fourth-order valence-electron chi connectivity index (χ4n) is 1.64. The van der Waals surface area contributed by atoms with E-state index in [0.717, 1.165) is 10.1 Å². The smallest absolute Gasteiger partial charge is 0.268 e. The molecule has 0 aliphatic carbocycles. The van der Waals surface area contributed by atoms with E-state index in [1.807, 2.05) is 38.1 Å². The highest BCUT2D eigenvalue weighted by Crippen LogP contribution is 2.23. The van der Waals surface area contributed by atoms with E-state index < -0.39 is 0 Å². The van der Waals surface area contributed by atoms with E-state index in [2.05, 4.69) is 0 Å². The Morgan fingerprint density at radius 1 is 1.38 bits per heavy atom. The van der Waals surface area contributed by atoms with Crippen molar-refractivity contribution in [2.24, 2.45) is 5.92 Å². The monoisotopic (exact) mass is 237 g/mol. The van der Waals surface area contributed by atoms with Gasteiger partial charge in [0.1, 0.15) is 0 Å². The molecule has 2 unspecified atom stereocenters. The van der Waals surface area contributed by atoms with Gasteiger partial charge in [-0.1, -0.05) is 30.6 Å². The fraction of sp³-hybridized carbons (Fsp3) is 0.417. The van der Waals surface area contributed by atoms with Gasteiger partial charge in [0.25, 0.3) is 5.56 Å². The van der Waals surface area contributed by atoms with E-state index in [4.69, 9.17) is 5.11 Å². The zero-order valence-electron chi connectivity index (χ0n) is 9.38. The molecule has 1 N–H and O–H groups in total. The van der Waals surface area contributed by atoms with Crippen molar-refractivity contribution in [1.29, 1.82) is 0 Å². The number of fused-ring (bicyclic) bond motifs is 1. The van der Waals surface area contributed by atoms with Gasteiger partial charge in [-0.15, -0.1) is 0 Å². The summed E-state index contributed by atoms with van der Waals surface area (Å²) in [4.78, 5) is 12.1. The molecule has 1 aromatic carbocycles. The Labute approximate surface area is 98.1 Å². The predicted octanol–water partition coefficient (Wildman–Crippen LogP) is 2.25. The summed E-state index contributed by atoms with van der Waals surface area (Å²) in [5.74, 6) is 0.0887. The average molecular weight is 237 g/mol. The van der Waals surface area contributed by atoms with Gasteiger partial charge < -0.3 is 5.11 Å². The maximum atomic E-state index is 12.1. The topological polar surface area (TPSA) is 42.2 Å². The zero-order chi connectivity index (χ0) is 11.7. The highest BCUT2D eigenvalue weighted by Gasteiger charge is 2.17. The molecule has 16 heavy (non-hydrogen) atoms. The maximum Gasteiger partial charge on any atom is 0.268 e. The number of aliphatic hydroxyl groups excluding tert-OH is 1. The lowest BCUT2D eigenvalue weighted by Gasteiger charge is -2.17. The van der Waals surface area contributed by atoms with Crippen LogP contribution in [0.25, 0.3) is 10.1 Å². The second kappa shape index (κ2) is 4.39. The van der Waals surface area contributed by atoms with Crippen molar-refractivity contribution < 1.29 is 5.11 Å². The molecule has 2 aromatic rings. The molecule has 2 rings (SSSR count). The molecule has 0 aliphatic heterocycles. The number of benzene rings is 1. The van der Waals surface area contributed by atoms with Gasteiger partial charge >= 0.3 is 0 Å². The second-order valence-electron chi connectivity index (χ2n) is 4.12. The minimum Gasteiger partial charge on any atom is -0.396 e. The molecule has 3 nitrogen and oxygen atoms in total. The summed E-state index contributed by atoms with van der Waals surface area (Å²) in [6, 6.07) is 7.65. The van der Waals surface area contributed by atoms with Gasteiger partial charge in [0.05, 0.1) is 10.1 Å². The summed E-state index contributed by atoms with van der Waals surface area (Å²) < 4.78 is 2.76. The first-order valence-electron chi connectivity index (χ1n) is 5.36. The number of aromatic nitrogens is 1. The van der Waals surface area contributed by atoms with Gasteiger partial charge in [-0.05, 0) is 19.1 Å². The first kappa shape index (κ1) is 11.4. The van der Waals surface area contributed by atoms with Crippen LogP contribution in [0.4, 0.5) is 0 Å². The minimum atomic E-state index is 0.0369. The Hall–Kier alpha value is -1.13. The molecule has 4 heteroatoms. The Bertz CT molecular complexity index is 543. The van der Waals surface area contributed by atoms with Crippen molar-refractivity contribution in [2.45, 2.75) is 19.9 Å². The Morgan fingerprint density at radius 2 is 2.06 bits per heavy atom. The molecule has 1 aromatic heterocycles. The van der Waals surface area contributed by atoms with E-state index in [0.29, 0.717) is 0 Å². The van der Waals surface area contributed by atoms with E-state index >= 15 is 0 Å². The first-order chi connectivity index (χ1) is 7.65. The molecule has 86 valence electrons. The highest BCUT2D eigenvalue weighted by atomic mass is 32.1. The molecular formula is C12H15NO2S. The van der Waals surface area contributed by atoms with Crippen molar-refractivity contribution in [3.05, 3.63) is 34.6 Å². The summed E-state index contributed by atoms with van der Waals surface area (Å²) in [5.41, 5.74) is 0.0494. The van der Waals surface area contributed by atoms with Gasteiger partial charge in [-0.2, -0.15) is 0 Å². The van der Waals surface area contributed by atoms with Gasteiger partial charge in [0.15, 0.2) is 0 Å². The van der Waals surface area contributed by atoms with Crippen LogP contribution in [-0.4, -0.2) is 15.7 Å². The fourth-order valence-corrected chi connectivity index (χ4v) is 2.80. The Balaban J connectivity index is 2.53. The SMILES string of the molecule is CC(CO)C(C)n1sc2ccccc2c1=O. The highest BCUT2D eigenvalue weighted by molar-refractivity contribution is 7.13. The molecule has 0 spiro atoms. The van der Waals surface area contributed by atoms with Crippen LogP contribution in [0, 0.1) is 5.92 Å². The lowest BCUT2D eigenvalue weighted by molar-refractivity contribution is 0.201. The lowest BCUT2D eigenvalue weighted by Crippen LogP contribution is -2.23. The summed E-state index contributed by atoms with van der Waals surface area (Å²) >= 11 is 1.47. The van der Waals surface area contributed by atoms with Crippen LogP contribution < -0.4 is 5.56 Å². The number of aliphatic hydroxyl groups is 1. The van der Waals surface area contributed by atoms with Crippen molar-refractivity contribution in [2.75, 3.05) is 6.61 Å². The van der Waals surface area contributed by atoms with E-state index in [1.165, 1.54) is 11.5 Å². The van der Waals surface area contributed by atoms with Gasteiger partial charge in [0.2, 0.25) is 0 Å². The number of nitrogens with zero attached hydrogens (tertiary/aromatic N) is 1. The molecule has 0 aliphatic rings. The van der Waals surface area contributed by atoms with Crippen LogP contribution in [0.1, 0.15) is 19.9 Å². The van der Waals surface area contributed by atoms with Gasteiger partial charge in [-0.25, -0.2) is 0 Å². The van der Waals surface area contributed by atoms with Crippen LogP contribution >= 0.6 is 11.5 Å². The third-order valence-corrected chi connectivity index (χ3v) is 4.24. The molecule has 0 bridgehead atoms. The van der Waals surface area contributed by atoms with Crippen LogP contribution in [0.15, 0.2) is 29.1 Å². The third-order valence-electron chi connectivity index (χ3n) is 3.00. The molecule has 1 heterocycles. The van der Waals surface area contributed by atoms with Crippen LogP contribution in [0.2, 0.25) is 0 Å². The predicted molar refractivity (Wildman–Crippen MR) is 67.0 cm³/mol. The Morgan fingerprint density at radius 3 is 2.69 bits per heavy atom. The molecule has 0 saturated heterocycles. The van der Waals surface area contributed by atoms with E-state index in [-0.39, 0.29) is 24.1 Å². The summed E-state index contributed by atoms with van der Waals surface area (Å²) in [5, 5.41) is 9.89. The largest absolute Gasteiger partial charge is 0.396 e. The Kier molecular flexibility index (Phi) is 3.12. The van der Waals surface area contributed by atoms with E-state index in [9.17, 15) is 4.79 Å². The summed E-state index contributed by atoms with van der Waals surface area (Å²) in [7, 11) is 0. The molecule has 0 radical (unpaired) electrons. The normalized spacial score (nSPS) is 15.2. The lowest BCUT2D eigenvalue weighted by atomic mass is 10.1. The minimum absolute atomic E-state index is 0.0369. The third kappa shape index (κ3) is 1.79. The van der Waals surface area contributed by atoms with Crippen LogP contribution in [0.3, 0.4) is 0 Å². The number of rotatable bonds is 3.